The Hall–Kier alpha value is -1.56. The molecule has 23 heavy (non-hydrogen) atoms. The van der Waals surface area contributed by atoms with Crippen LogP contribution in [0.4, 0.5) is 0 Å². The Kier molecular flexibility index (Phi) is 2.99. The normalized spacial score (nSPS) is 34.9. The number of ketones is 1. The predicted molar refractivity (Wildman–Crippen MR) is 86.7 cm³/mol. The first-order chi connectivity index (χ1) is 11.2. The Morgan fingerprint density at radius 2 is 1.91 bits per heavy atom. The number of thiophene rings is 1. The second-order valence-electron chi connectivity index (χ2n) is 7.74. The average molecular weight is 328 g/mol. The lowest BCUT2D eigenvalue weighted by atomic mass is 9.48. The van der Waals surface area contributed by atoms with Gasteiger partial charge in [-0.25, -0.2) is 0 Å². The van der Waals surface area contributed by atoms with Crippen molar-refractivity contribution in [3.63, 3.8) is 0 Å². The largest absolute Gasteiger partial charge is 0.297 e. The Labute approximate surface area is 139 Å². The summed E-state index contributed by atoms with van der Waals surface area (Å²) in [6.07, 6.45) is 7.38. The zero-order valence-electron chi connectivity index (χ0n) is 13.0. The number of carbonyl (C=O) groups excluding carboxylic acids is 1. The molecular weight excluding hydrogens is 308 g/mol. The first kappa shape index (κ1) is 13.8. The van der Waals surface area contributed by atoms with Crippen LogP contribution in [0.15, 0.2) is 17.5 Å². The second kappa shape index (κ2) is 4.97. The zero-order chi connectivity index (χ0) is 15.4. The minimum absolute atomic E-state index is 0.0779. The summed E-state index contributed by atoms with van der Waals surface area (Å²) >= 11 is 1.59. The maximum atomic E-state index is 13.0. The van der Waals surface area contributed by atoms with E-state index in [1.807, 2.05) is 17.5 Å². The highest BCUT2D eigenvalue weighted by atomic mass is 32.1. The number of nitrogens with zero attached hydrogens (tertiary/aromatic N) is 4. The predicted octanol–water partition coefficient (Wildman–Crippen LogP) is 3.19. The molecule has 2 aromatic rings. The van der Waals surface area contributed by atoms with E-state index in [4.69, 9.17) is 0 Å². The molecule has 4 fully saturated rings. The minimum Gasteiger partial charge on any atom is -0.297 e. The molecule has 0 aromatic carbocycles. The van der Waals surface area contributed by atoms with E-state index in [0.717, 1.165) is 41.9 Å². The van der Waals surface area contributed by atoms with Gasteiger partial charge in [0.15, 0.2) is 5.78 Å². The van der Waals surface area contributed by atoms with Gasteiger partial charge in [-0.05, 0) is 72.9 Å². The Morgan fingerprint density at radius 1 is 1.22 bits per heavy atom. The van der Waals surface area contributed by atoms with Crippen molar-refractivity contribution < 1.29 is 4.79 Å². The fourth-order valence-electron chi connectivity index (χ4n) is 5.56. The molecule has 4 aliphatic carbocycles. The third kappa shape index (κ3) is 2.26. The van der Waals surface area contributed by atoms with Gasteiger partial charge in [0.25, 0.3) is 0 Å². The van der Waals surface area contributed by atoms with Gasteiger partial charge in [0, 0.05) is 5.41 Å². The summed E-state index contributed by atoms with van der Waals surface area (Å²) in [5, 5.41) is 14.6. The summed E-state index contributed by atoms with van der Waals surface area (Å²) in [4.78, 5) is 15.5. The van der Waals surface area contributed by atoms with E-state index in [2.05, 4.69) is 15.4 Å². The van der Waals surface area contributed by atoms with Crippen LogP contribution in [0.1, 0.15) is 38.5 Å². The van der Waals surface area contributed by atoms with E-state index in [9.17, 15) is 4.79 Å². The molecule has 0 amide bonds. The lowest BCUT2D eigenvalue weighted by molar-refractivity contribution is -0.145. The van der Waals surface area contributed by atoms with E-state index in [1.54, 1.807) is 11.3 Å². The van der Waals surface area contributed by atoms with Crippen LogP contribution >= 0.6 is 11.3 Å². The first-order valence-corrected chi connectivity index (χ1v) is 9.43. The van der Waals surface area contributed by atoms with Gasteiger partial charge in [-0.2, -0.15) is 4.80 Å². The van der Waals surface area contributed by atoms with Crippen LogP contribution in [0.25, 0.3) is 10.7 Å². The number of carbonyl (C=O) groups is 1. The Balaban J connectivity index is 1.36. The fraction of sp³-hybridized carbons (Fsp3) is 0.647. The van der Waals surface area contributed by atoms with Gasteiger partial charge < -0.3 is 0 Å². The van der Waals surface area contributed by atoms with Crippen molar-refractivity contribution in [2.45, 2.75) is 45.1 Å². The van der Waals surface area contributed by atoms with E-state index in [-0.39, 0.29) is 12.0 Å². The van der Waals surface area contributed by atoms with Crippen LogP contribution in [-0.4, -0.2) is 26.0 Å². The van der Waals surface area contributed by atoms with Crippen LogP contribution in [0.5, 0.6) is 0 Å². The summed E-state index contributed by atoms with van der Waals surface area (Å²) in [7, 11) is 0. The molecule has 6 rings (SSSR count). The van der Waals surface area contributed by atoms with Crippen LogP contribution in [0, 0.1) is 23.2 Å². The lowest BCUT2D eigenvalue weighted by Crippen LogP contribution is -2.50. The molecular formula is C17H20N4OS. The van der Waals surface area contributed by atoms with Crippen molar-refractivity contribution in [2.75, 3.05) is 0 Å². The highest BCUT2D eigenvalue weighted by molar-refractivity contribution is 7.13. The molecule has 0 aliphatic heterocycles. The summed E-state index contributed by atoms with van der Waals surface area (Å²) in [5.41, 5.74) is -0.0779. The quantitative estimate of drug-likeness (QED) is 0.865. The van der Waals surface area contributed by atoms with Crippen LogP contribution in [0.2, 0.25) is 0 Å². The maximum absolute atomic E-state index is 13.0. The average Bonchev–Trinajstić information content (AvgIpc) is 3.16. The molecule has 2 heterocycles. The van der Waals surface area contributed by atoms with Gasteiger partial charge in [-0.15, -0.1) is 21.5 Å². The third-order valence-corrected chi connectivity index (χ3v) is 6.97. The van der Waals surface area contributed by atoms with Gasteiger partial charge >= 0.3 is 0 Å². The molecule has 4 bridgehead atoms. The second-order valence-corrected chi connectivity index (χ2v) is 8.69. The summed E-state index contributed by atoms with van der Waals surface area (Å²) in [6, 6.07) is 3.95. The van der Waals surface area contributed by atoms with Crippen LogP contribution in [0.3, 0.4) is 0 Å². The highest BCUT2D eigenvalue weighted by Crippen LogP contribution is 2.60. The number of hydrogen-bond acceptors (Lipinski definition) is 5. The molecule has 6 heteroatoms. The zero-order valence-corrected chi connectivity index (χ0v) is 13.8. The van der Waals surface area contributed by atoms with Gasteiger partial charge in [0.1, 0.15) is 6.54 Å². The fourth-order valence-corrected chi connectivity index (χ4v) is 6.21. The van der Waals surface area contributed by atoms with Crippen molar-refractivity contribution in [2.24, 2.45) is 23.2 Å². The molecule has 0 atom stereocenters. The molecule has 2 aromatic heterocycles. The highest BCUT2D eigenvalue weighted by Gasteiger charge is 2.54. The summed E-state index contributed by atoms with van der Waals surface area (Å²) in [5.74, 6) is 3.33. The number of hydrogen-bond donors (Lipinski definition) is 0. The van der Waals surface area contributed by atoms with Gasteiger partial charge in [0.2, 0.25) is 5.82 Å². The molecule has 0 radical (unpaired) electrons. The van der Waals surface area contributed by atoms with Crippen LogP contribution < -0.4 is 0 Å². The van der Waals surface area contributed by atoms with Crippen molar-refractivity contribution >= 4 is 17.1 Å². The monoisotopic (exact) mass is 328 g/mol. The van der Waals surface area contributed by atoms with E-state index < -0.39 is 0 Å². The number of aromatic nitrogens is 4. The third-order valence-electron chi connectivity index (χ3n) is 6.11. The van der Waals surface area contributed by atoms with Crippen LogP contribution in [-0.2, 0) is 11.3 Å². The van der Waals surface area contributed by atoms with Crippen molar-refractivity contribution in [3.05, 3.63) is 17.5 Å². The molecule has 0 N–H and O–H groups in total. The molecule has 0 spiro atoms. The lowest BCUT2D eigenvalue weighted by Gasteiger charge is -2.55. The SMILES string of the molecule is O=C(Cn1nnc(-c2cccs2)n1)C12CC3CC(CC(C3)C1)C2. The van der Waals surface area contributed by atoms with Gasteiger partial charge in [-0.1, -0.05) is 6.07 Å². The molecule has 4 aliphatic rings. The first-order valence-electron chi connectivity index (χ1n) is 8.55. The number of Topliss-reactive ketones (excluding diaryl/α,β-unsaturated/α-hetero) is 1. The summed E-state index contributed by atoms with van der Waals surface area (Å²) < 4.78 is 0. The number of rotatable bonds is 4. The van der Waals surface area contributed by atoms with E-state index in [0.29, 0.717) is 11.6 Å². The van der Waals surface area contributed by atoms with Crippen molar-refractivity contribution in [1.82, 2.24) is 20.2 Å². The maximum Gasteiger partial charge on any atom is 0.214 e. The Bertz CT molecular complexity index is 700. The Morgan fingerprint density at radius 3 is 2.52 bits per heavy atom. The topological polar surface area (TPSA) is 60.7 Å². The molecule has 5 nitrogen and oxygen atoms in total. The number of tetrazole rings is 1. The van der Waals surface area contributed by atoms with Crippen molar-refractivity contribution in [1.29, 1.82) is 0 Å². The van der Waals surface area contributed by atoms with Crippen molar-refractivity contribution in [3.8, 4) is 10.7 Å². The molecule has 4 saturated carbocycles. The standard InChI is InChI=1S/C17H20N4OS/c22-15(10-21-19-16(18-20-21)14-2-1-3-23-14)17-7-11-4-12(8-17)6-13(5-11)9-17/h1-3,11-13H,4-10H2. The molecule has 120 valence electrons. The minimum atomic E-state index is -0.0779. The molecule has 0 saturated heterocycles. The van der Waals surface area contributed by atoms with E-state index in [1.165, 1.54) is 24.1 Å². The van der Waals surface area contributed by atoms with Gasteiger partial charge in [-0.3, -0.25) is 4.79 Å². The summed E-state index contributed by atoms with van der Waals surface area (Å²) in [6.45, 7) is 0.282. The van der Waals surface area contributed by atoms with E-state index >= 15 is 0 Å². The smallest absolute Gasteiger partial charge is 0.214 e. The molecule has 0 unspecified atom stereocenters. The van der Waals surface area contributed by atoms with Gasteiger partial charge in [0.05, 0.1) is 4.88 Å².